The molecule has 3 rings (SSSR count). The van der Waals surface area contributed by atoms with Crippen LogP contribution in [0.2, 0.25) is 0 Å². The van der Waals surface area contributed by atoms with E-state index in [1.807, 2.05) is 30.3 Å². The molecular weight excluding hydrogens is 388 g/mol. The first kappa shape index (κ1) is 20.9. The third kappa shape index (κ3) is 4.78. The van der Waals surface area contributed by atoms with Gasteiger partial charge in [-0.2, -0.15) is 0 Å². The number of rotatable bonds is 8. The first-order valence-corrected chi connectivity index (χ1v) is 9.13. The van der Waals surface area contributed by atoms with Crippen LogP contribution in [0.15, 0.2) is 53.0 Å². The molecule has 0 aliphatic carbocycles. The van der Waals surface area contributed by atoms with Crippen molar-refractivity contribution in [2.24, 2.45) is 0 Å². The van der Waals surface area contributed by atoms with Crippen molar-refractivity contribution in [3.05, 3.63) is 60.0 Å². The summed E-state index contributed by atoms with van der Waals surface area (Å²) in [5, 5.41) is 7.96. The lowest BCUT2D eigenvalue weighted by molar-refractivity contribution is -0.143. The van der Waals surface area contributed by atoms with Gasteiger partial charge in [-0.3, -0.25) is 0 Å². The summed E-state index contributed by atoms with van der Waals surface area (Å²) in [6.45, 7) is 1.66. The Kier molecular flexibility index (Phi) is 6.69. The fraction of sp³-hybridized carbons (Fsp3) is 0.227. The van der Waals surface area contributed by atoms with Crippen LogP contribution in [0.25, 0.3) is 17.5 Å². The maximum atomic E-state index is 12.2. The van der Waals surface area contributed by atoms with Crippen molar-refractivity contribution in [3.8, 4) is 28.7 Å². The van der Waals surface area contributed by atoms with Gasteiger partial charge in [-0.05, 0) is 42.8 Å². The predicted octanol–water partition coefficient (Wildman–Crippen LogP) is 4.08. The van der Waals surface area contributed by atoms with E-state index in [-0.39, 0.29) is 5.89 Å². The van der Waals surface area contributed by atoms with E-state index in [2.05, 4.69) is 10.2 Å². The molecule has 0 aliphatic rings. The number of nitrogens with zero attached hydrogens (tertiary/aromatic N) is 2. The third-order valence-electron chi connectivity index (χ3n) is 4.20. The van der Waals surface area contributed by atoms with Gasteiger partial charge < -0.3 is 23.4 Å². The maximum absolute atomic E-state index is 12.2. The van der Waals surface area contributed by atoms with E-state index in [0.29, 0.717) is 28.7 Å². The number of carbonyl (C=O) groups is 1. The average molecular weight is 410 g/mol. The van der Waals surface area contributed by atoms with Gasteiger partial charge in [0.25, 0.3) is 5.89 Å². The summed E-state index contributed by atoms with van der Waals surface area (Å²) in [4.78, 5) is 12.2. The van der Waals surface area contributed by atoms with Crippen molar-refractivity contribution in [3.63, 3.8) is 0 Å². The lowest BCUT2D eigenvalue weighted by Gasteiger charge is -2.12. The van der Waals surface area contributed by atoms with Crippen molar-refractivity contribution in [2.75, 3.05) is 21.3 Å². The Morgan fingerprint density at radius 3 is 2.27 bits per heavy atom. The number of hydrogen-bond donors (Lipinski definition) is 0. The van der Waals surface area contributed by atoms with Crippen LogP contribution in [0.4, 0.5) is 0 Å². The van der Waals surface area contributed by atoms with Gasteiger partial charge in [-0.25, -0.2) is 4.79 Å². The zero-order valence-corrected chi connectivity index (χ0v) is 17.1. The molecule has 8 heteroatoms. The van der Waals surface area contributed by atoms with E-state index >= 15 is 0 Å². The van der Waals surface area contributed by atoms with Crippen LogP contribution in [0, 0.1) is 0 Å². The van der Waals surface area contributed by atoms with Gasteiger partial charge in [0.05, 0.1) is 21.3 Å². The highest BCUT2D eigenvalue weighted by Crippen LogP contribution is 2.38. The Balaban J connectivity index is 1.68. The summed E-state index contributed by atoms with van der Waals surface area (Å²) in [7, 11) is 4.57. The molecule has 0 aliphatic heterocycles. The average Bonchev–Trinajstić information content (AvgIpc) is 3.28. The van der Waals surface area contributed by atoms with E-state index in [9.17, 15) is 4.79 Å². The molecule has 3 aromatic rings. The Bertz CT molecular complexity index is 1000. The minimum atomic E-state index is -0.702. The topological polar surface area (TPSA) is 92.9 Å². The highest BCUT2D eigenvalue weighted by molar-refractivity contribution is 5.87. The van der Waals surface area contributed by atoms with Crippen LogP contribution in [0.3, 0.4) is 0 Å². The van der Waals surface area contributed by atoms with Gasteiger partial charge in [-0.15, -0.1) is 10.2 Å². The van der Waals surface area contributed by atoms with Gasteiger partial charge >= 0.3 is 5.97 Å². The number of methoxy groups -OCH3 is 3. The molecule has 1 heterocycles. The van der Waals surface area contributed by atoms with Crippen LogP contribution >= 0.6 is 0 Å². The van der Waals surface area contributed by atoms with Gasteiger partial charge in [0.1, 0.15) is 0 Å². The zero-order chi connectivity index (χ0) is 21.5. The summed E-state index contributed by atoms with van der Waals surface area (Å²) in [6, 6.07) is 12.8. The molecular formula is C22H22N2O6. The summed E-state index contributed by atoms with van der Waals surface area (Å²) >= 11 is 0. The number of benzene rings is 2. The van der Waals surface area contributed by atoms with E-state index in [1.54, 1.807) is 25.1 Å². The van der Waals surface area contributed by atoms with E-state index in [4.69, 9.17) is 23.4 Å². The summed E-state index contributed by atoms with van der Waals surface area (Å²) in [5.41, 5.74) is 1.47. The monoisotopic (exact) mass is 410 g/mol. The number of ether oxygens (including phenoxy) is 4. The fourth-order valence-corrected chi connectivity index (χ4v) is 2.72. The van der Waals surface area contributed by atoms with Gasteiger partial charge in [0.15, 0.2) is 17.6 Å². The van der Waals surface area contributed by atoms with Crippen molar-refractivity contribution < 1.29 is 28.2 Å². The Morgan fingerprint density at radius 2 is 1.67 bits per heavy atom. The molecule has 2 aromatic carbocycles. The molecule has 0 saturated heterocycles. The van der Waals surface area contributed by atoms with Crippen LogP contribution in [-0.4, -0.2) is 37.5 Å². The predicted molar refractivity (Wildman–Crippen MR) is 109 cm³/mol. The molecule has 0 spiro atoms. The van der Waals surface area contributed by atoms with Crippen molar-refractivity contribution in [1.29, 1.82) is 0 Å². The molecule has 0 radical (unpaired) electrons. The van der Waals surface area contributed by atoms with Gasteiger partial charge in [-0.1, -0.05) is 18.2 Å². The van der Waals surface area contributed by atoms with Crippen LogP contribution in [-0.2, 0) is 9.53 Å². The second-order valence-electron chi connectivity index (χ2n) is 6.18. The molecule has 0 unspecified atom stereocenters. The first-order valence-electron chi connectivity index (χ1n) is 9.13. The lowest BCUT2D eigenvalue weighted by atomic mass is 10.1. The molecule has 0 saturated carbocycles. The van der Waals surface area contributed by atoms with Crippen molar-refractivity contribution >= 4 is 12.0 Å². The Morgan fingerprint density at radius 1 is 1.00 bits per heavy atom. The molecule has 0 N–H and O–H groups in total. The largest absolute Gasteiger partial charge is 0.493 e. The normalized spacial score (nSPS) is 11.9. The van der Waals surface area contributed by atoms with E-state index in [1.165, 1.54) is 27.4 Å². The van der Waals surface area contributed by atoms with Gasteiger partial charge in [0.2, 0.25) is 11.6 Å². The maximum Gasteiger partial charge on any atom is 0.331 e. The van der Waals surface area contributed by atoms with Crippen LogP contribution in [0.1, 0.15) is 24.5 Å². The quantitative estimate of drug-likeness (QED) is 0.405. The summed E-state index contributed by atoms with van der Waals surface area (Å²) in [6.07, 6.45) is 2.18. The lowest BCUT2D eigenvalue weighted by Crippen LogP contribution is -2.06. The van der Waals surface area contributed by atoms with Crippen molar-refractivity contribution in [2.45, 2.75) is 13.0 Å². The molecule has 1 atom stereocenters. The van der Waals surface area contributed by atoms with Crippen molar-refractivity contribution in [1.82, 2.24) is 10.2 Å². The Labute approximate surface area is 174 Å². The molecule has 30 heavy (non-hydrogen) atoms. The fourth-order valence-electron chi connectivity index (χ4n) is 2.72. The highest BCUT2D eigenvalue weighted by atomic mass is 16.6. The zero-order valence-electron chi connectivity index (χ0n) is 17.1. The number of aromatic nitrogens is 2. The Hall–Kier alpha value is -3.81. The van der Waals surface area contributed by atoms with Gasteiger partial charge in [0, 0.05) is 11.6 Å². The van der Waals surface area contributed by atoms with Crippen LogP contribution in [0.5, 0.6) is 17.2 Å². The van der Waals surface area contributed by atoms with Crippen LogP contribution < -0.4 is 14.2 Å². The minimum Gasteiger partial charge on any atom is -0.493 e. The third-order valence-corrected chi connectivity index (χ3v) is 4.20. The first-order chi connectivity index (χ1) is 14.5. The second-order valence-corrected chi connectivity index (χ2v) is 6.18. The molecule has 0 fully saturated rings. The number of esters is 1. The summed E-state index contributed by atoms with van der Waals surface area (Å²) in [5.74, 6) is 1.45. The number of carbonyl (C=O) groups excluding carboxylic acids is 1. The SMILES string of the molecule is COc1cc(/C=C/C(=O)O[C@@H](C)c2nnc(-c3ccccc3)o2)cc(OC)c1OC. The number of hydrogen-bond acceptors (Lipinski definition) is 8. The second kappa shape index (κ2) is 9.60. The minimum absolute atomic E-state index is 0.211. The van der Waals surface area contributed by atoms with E-state index in [0.717, 1.165) is 5.56 Å². The summed E-state index contributed by atoms with van der Waals surface area (Å²) < 4.78 is 26.9. The molecule has 8 nitrogen and oxygen atoms in total. The molecule has 1 aromatic heterocycles. The molecule has 0 bridgehead atoms. The molecule has 0 amide bonds. The highest BCUT2D eigenvalue weighted by Gasteiger charge is 2.18. The molecule has 156 valence electrons. The standard InChI is InChI=1S/C22H22N2O6/c1-14(21-23-24-22(30-21)16-8-6-5-7-9-16)29-19(25)11-10-15-12-17(26-2)20(28-4)18(13-15)27-3/h5-14H,1-4H3/b11-10+/t14-/m0/s1. The smallest absolute Gasteiger partial charge is 0.331 e. The van der Waals surface area contributed by atoms with E-state index < -0.39 is 12.1 Å².